The van der Waals surface area contributed by atoms with Crippen molar-refractivity contribution in [3.63, 3.8) is 0 Å². The first-order chi connectivity index (χ1) is 16.1. The van der Waals surface area contributed by atoms with Crippen LogP contribution in [0, 0.1) is 0 Å². The molecule has 2 aromatic heterocycles. The summed E-state index contributed by atoms with van der Waals surface area (Å²) >= 11 is 1.42. The zero-order valence-electron chi connectivity index (χ0n) is 18.2. The maximum atomic E-state index is 13.3. The van der Waals surface area contributed by atoms with Crippen LogP contribution in [-0.4, -0.2) is 34.1 Å². The third-order valence-electron chi connectivity index (χ3n) is 4.90. The zero-order valence-corrected chi connectivity index (χ0v) is 19.0. The molecule has 0 radical (unpaired) electrons. The first-order valence-corrected chi connectivity index (χ1v) is 11.6. The normalized spacial score (nSPS) is 11.7. The van der Waals surface area contributed by atoms with Crippen molar-refractivity contribution in [3.05, 3.63) is 90.3 Å². The lowest BCUT2D eigenvalue weighted by Crippen LogP contribution is -2.26. The van der Waals surface area contributed by atoms with E-state index in [-0.39, 0.29) is 5.69 Å². The fourth-order valence-electron chi connectivity index (χ4n) is 3.42. The van der Waals surface area contributed by atoms with Gasteiger partial charge in [0.25, 0.3) is 5.91 Å². The number of thioether (sulfide) groups is 1. The maximum absolute atomic E-state index is 13.3. The van der Waals surface area contributed by atoms with Gasteiger partial charge in [0.05, 0.1) is 17.8 Å². The van der Waals surface area contributed by atoms with E-state index >= 15 is 0 Å². The number of para-hydroxylation sites is 2. The summed E-state index contributed by atoms with van der Waals surface area (Å²) in [4.78, 5) is 30.9. The van der Waals surface area contributed by atoms with E-state index in [1.807, 2.05) is 48.0 Å². The van der Waals surface area contributed by atoms with Crippen molar-refractivity contribution in [1.82, 2.24) is 9.38 Å². The minimum absolute atomic E-state index is 0.156. The van der Waals surface area contributed by atoms with Gasteiger partial charge in [-0.1, -0.05) is 60.3 Å². The van der Waals surface area contributed by atoms with Crippen LogP contribution >= 0.6 is 11.8 Å². The van der Waals surface area contributed by atoms with Gasteiger partial charge < -0.3 is 14.8 Å². The first-order valence-electron chi connectivity index (χ1n) is 10.4. The average Bonchev–Trinajstić information content (AvgIpc) is 3.23. The lowest BCUT2D eigenvalue weighted by Gasteiger charge is -2.19. The van der Waals surface area contributed by atoms with Crippen molar-refractivity contribution in [2.24, 2.45) is 0 Å². The Hall–Kier alpha value is -3.78. The number of rotatable bonds is 8. The van der Waals surface area contributed by atoms with Crippen LogP contribution in [0.15, 0.2) is 84.1 Å². The van der Waals surface area contributed by atoms with Gasteiger partial charge in [-0.25, -0.2) is 9.78 Å². The van der Waals surface area contributed by atoms with Crippen molar-refractivity contribution in [1.29, 1.82) is 0 Å². The zero-order chi connectivity index (χ0) is 23.2. The van der Waals surface area contributed by atoms with E-state index < -0.39 is 18.0 Å². The summed E-state index contributed by atoms with van der Waals surface area (Å²) in [6, 6.07) is 21.5. The number of nitrogens with one attached hydrogen (secondary N) is 1. The summed E-state index contributed by atoms with van der Waals surface area (Å²) in [6.45, 7) is 2.32. The van der Waals surface area contributed by atoms with E-state index in [2.05, 4.69) is 10.3 Å². The summed E-state index contributed by atoms with van der Waals surface area (Å²) in [5, 5.41) is 3.49. The number of anilines is 1. The number of imidazole rings is 1. The summed E-state index contributed by atoms with van der Waals surface area (Å²) in [5.41, 5.74) is 1.81. The average molecular weight is 462 g/mol. The molecule has 0 saturated carbocycles. The predicted molar refractivity (Wildman–Crippen MR) is 128 cm³/mol. The van der Waals surface area contributed by atoms with E-state index in [0.29, 0.717) is 34.3 Å². The van der Waals surface area contributed by atoms with E-state index in [9.17, 15) is 9.59 Å². The number of hydrogen-bond acceptors (Lipinski definition) is 6. The number of amides is 1. The Labute approximate surface area is 195 Å². The molecule has 0 aliphatic rings. The second-order valence-corrected chi connectivity index (χ2v) is 7.79. The van der Waals surface area contributed by atoms with Crippen LogP contribution < -0.4 is 10.1 Å². The highest BCUT2D eigenvalue weighted by Gasteiger charge is 2.29. The lowest BCUT2D eigenvalue weighted by atomic mass is 10.1. The molecule has 0 fully saturated rings. The Morgan fingerprint density at radius 1 is 1.03 bits per heavy atom. The molecule has 33 heavy (non-hydrogen) atoms. The Morgan fingerprint density at radius 3 is 2.52 bits per heavy atom. The topological polar surface area (TPSA) is 81.9 Å². The van der Waals surface area contributed by atoms with E-state index in [4.69, 9.17) is 9.47 Å². The van der Waals surface area contributed by atoms with Crippen LogP contribution in [0.2, 0.25) is 0 Å². The van der Waals surface area contributed by atoms with Crippen LogP contribution in [0.3, 0.4) is 0 Å². The van der Waals surface area contributed by atoms with Gasteiger partial charge >= 0.3 is 5.97 Å². The van der Waals surface area contributed by atoms with Crippen molar-refractivity contribution in [2.75, 3.05) is 18.2 Å². The van der Waals surface area contributed by atoms with Crippen molar-refractivity contribution < 1.29 is 19.1 Å². The van der Waals surface area contributed by atoms with Crippen molar-refractivity contribution in [3.8, 4) is 5.75 Å². The van der Waals surface area contributed by atoms with Gasteiger partial charge in [0, 0.05) is 11.8 Å². The number of benzene rings is 2. The second kappa shape index (κ2) is 10.2. The van der Waals surface area contributed by atoms with E-state index in [0.717, 1.165) is 0 Å². The van der Waals surface area contributed by atoms with Gasteiger partial charge in [-0.2, -0.15) is 0 Å². The molecule has 0 saturated heterocycles. The number of hydrogen-bond donors (Lipinski definition) is 1. The fraction of sp³-hybridized carbons (Fsp3) is 0.160. The third kappa shape index (κ3) is 4.85. The SMILES string of the molecule is CCOc1ccccc1NC(=O)C(OC(=O)c1nc(SC)n2ccccc12)c1ccccc1. The molecule has 168 valence electrons. The van der Waals surface area contributed by atoms with Crippen molar-refractivity contribution in [2.45, 2.75) is 18.2 Å². The number of pyridine rings is 1. The molecule has 0 aliphatic carbocycles. The Kier molecular flexibility index (Phi) is 6.95. The Morgan fingerprint density at radius 2 is 1.76 bits per heavy atom. The number of fused-ring (bicyclic) bond motifs is 1. The summed E-state index contributed by atoms with van der Waals surface area (Å²) < 4.78 is 13.2. The fourth-order valence-corrected chi connectivity index (χ4v) is 3.96. The molecule has 0 bridgehead atoms. The molecule has 1 atom stereocenters. The van der Waals surface area contributed by atoms with Crippen LogP contribution in [0.1, 0.15) is 29.1 Å². The standard InChI is InChI=1S/C25H23N3O4S/c1-3-31-20-15-8-7-13-18(20)26-23(29)22(17-11-5-4-6-12-17)32-24(30)21-19-14-9-10-16-28(19)25(27-21)33-2/h4-16,22H,3H2,1-2H3,(H,26,29). The van der Waals surface area contributed by atoms with Crippen LogP contribution in [0.4, 0.5) is 5.69 Å². The van der Waals surface area contributed by atoms with Gasteiger partial charge in [0.2, 0.25) is 6.10 Å². The van der Waals surface area contributed by atoms with Crippen LogP contribution in [0.5, 0.6) is 5.75 Å². The molecular weight excluding hydrogens is 438 g/mol. The van der Waals surface area contributed by atoms with Gasteiger partial charge in [-0.05, 0) is 37.4 Å². The first kappa shape index (κ1) is 22.4. The number of carbonyl (C=O) groups excluding carboxylic acids is 2. The molecule has 0 spiro atoms. The number of esters is 1. The molecular formula is C25H23N3O4S. The molecule has 4 rings (SSSR count). The number of ether oxygens (including phenoxy) is 2. The van der Waals surface area contributed by atoms with E-state index in [1.165, 1.54) is 11.8 Å². The van der Waals surface area contributed by atoms with Gasteiger partial charge in [-0.3, -0.25) is 9.20 Å². The largest absolute Gasteiger partial charge is 0.492 e. The molecule has 2 aromatic carbocycles. The quantitative estimate of drug-likeness (QED) is 0.294. The van der Waals surface area contributed by atoms with Gasteiger partial charge in [0.1, 0.15) is 5.75 Å². The highest BCUT2D eigenvalue weighted by atomic mass is 32.2. The van der Waals surface area contributed by atoms with Gasteiger partial charge in [0.15, 0.2) is 10.9 Å². The summed E-state index contributed by atoms with van der Waals surface area (Å²) in [6.07, 6.45) is 2.54. The highest BCUT2D eigenvalue weighted by molar-refractivity contribution is 7.98. The lowest BCUT2D eigenvalue weighted by molar-refractivity contribution is -0.125. The van der Waals surface area contributed by atoms with Crippen LogP contribution in [0.25, 0.3) is 5.52 Å². The second-order valence-electron chi connectivity index (χ2n) is 7.02. The summed E-state index contributed by atoms with van der Waals surface area (Å²) in [7, 11) is 0. The van der Waals surface area contributed by atoms with Gasteiger partial charge in [-0.15, -0.1) is 0 Å². The molecule has 7 nitrogen and oxygen atoms in total. The molecule has 1 N–H and O–H groups in total. The number of nitrogens with zero attached hydrogens (tertiary/aromatic N) is 2. The minimum atomic E-state index is -1.17. The maximum Gasteiger partial charge on any atom is 0.360 e. The smallest absolute Gasteiger partial charge is 0.360 e. The monoisotopic (exact) mass is 461 g/mol. The van der Waals surface area contributed by atoms with E-state index in [1.54, 1.807) is 48.5 Å². The Balaban J connectivity index is 1.65. The molecule has 1 unspecified atom stereocenters. The summed E-state index contributed by atoms with van der Waals surface area (Å²) in [5.74, 6) is -0.632. The molecule has 4 aromatic rings. The molecule has 8 heteroatoms. The van der Waals surface area contributed by atoms with Crippen LogP contribution in [-0.2, 0) is 9.53 Å². The number of aromatic nitrogens is 2. The molecule has 1 amide bonds. The predicted octanol–water partition coefficient (Wildman–Crippen LogP) is 4.99. The molecule has 0 aliphatic heterocycles. The van der Waals surface area contributed by atoms with Crippen molar-refractivity contribution >= 4 is 34.8 Å². The third-order valence-corrected chi connectivity index (χ3v) is 5.56. The molecule has 2 heterocycles. The number of carbonyl (C=O) groups is 2. The minimum Gasteiger partial charge on any atom is -0.492 e. The Bertz CT molecular complexity index is 1270. The highest BCUT2D eigenvalue weighted by Crippen LogP contribution is 2.28.